The van der Waals surface area contributed by atoms with Crippen LogP contribution in [0.4, 0.5) is 16.2 Å². The molecule has 0 bridgehead atoms. The number of aromatic nitrogens is 2. The molecular formula is C28H35N9O2. The molecule has 39 heavy (non-hydrogen) atoms. The monoisotopic (exact) mass is 529 g/mol. The smallest absolute Gasteiger partial charge is 0.323 e. The number of carbonyl (C=O) groups is 1. The van der Waals surface area contributed by atoms with Gasteiger partial charge in [0.1, 0.15) is 0 Å². The van der Waals surface area contributed by atoms with Crippen LogP contribution in [-0.4, -0.2) is 102 Å². The molecule has 0 aliphatic carbocycles. The van der Waals surface area contributed by atoms with Crippen LogP contribution in [0.5, 0.6) is 0 Å². The highest BCUT2D eigenvalue weighted by atomic mass is 16.5. The fourth-order valence-corrected chi connectivity index (χ4v) is 4.55. The van der Waals surface area contributed by atoms with Crippen LogP contribution < -0.4 is 10.6 Å². The highest BCUT2D eigenvalue weighted by Gasteiger charge is 2.19. The summed E-state index contributed by atoms with van der Waals surface area (Å²) in [5.74, 6) is 0.864. The molecule has 0 radical (unpaired) electrons. The molecule has 2 aromatic heterocycles. The van der Waals surface area contributed by atoms with Gasteiger partial charge in [0.15, 0.2) is 11.7 Å². The summed E-state index contributed by atoms with van der Waals surface area (Å²) in [5.41, 5.74) is 3.74. The minimum absolute atomic E-state index is 0.143. The van der Waals surface area contributed by atoms with Gasteiger partial charge in [0.2, 0.25) is 0 Å². The summed E-state index contributed by atoms with van der Waals surface area (Å²) in [6.45, 7) is 7.72. The number of carbonyl (C=O) groups excluding carboxylic acids is 1. The summed E-state index contributed by atoms with van der Waals surface area (Å²) in [5, 5.41) is 14.2. The van der Waals surface area contributed by atoms with E-state index in [0.29, 0.717) is 30.2 Å². The Morgan fingerprint density at radius 2 is 1.72 bits per heavy atom. The van der Waals surface area contributed by atoms with Crippen molar-refractivity contribution in [1.82, 2.24) is 24.7 Å². The molecule has 204 valence electrons. The molecule has 2 aliphatic heterocycles. The molecule has 11 heteroatoms. The fraction of sp³-hybridized carbons (Fsp3) is 0.357. The molecule has 0 saturated carbocycles. The standard InChI is InChI=1S/C28H35N9O2/c1-35-11-13-36(14-12-35)20-24-9-8-23(19-31-24)33-28(38)32-22-6-4-21(5-7-22)26(29)34-27(25-3-2-10-30-25)37-15-17-39-18-16-37/h2-10,19,29-30H,11-18,20H2,1H3,(H2,32,33,38)/b29-26?,34-27+. The van der Waals surface area contributed by atoms with Crippen molar-refractivity contribution in [3.63, 3.8) is 0 Å². The summed E-state index contributed by atoms with van der Waals surface area (Å²) in [6.07, 6.45) is 3.53. The summed E-state index contributed by atoms with van der Waals surface area (Å²) in [6, 6.07) is 14.4. The normalized spacial score (nSPS) is 17.2. The van der Waals surface area contributed by atoms with E-state index >= 15 is 0 Å². The molecule has 2 saturated heterocycles. The van der Waals surface area contributed by atoms with Crippen molar-refractivity contribution >= 4 is 29.1 Å². The fourth-order valence-electron chi connectivity index (χ4n) is 4.55. The molecule has 0 atom stereocenters. The van der Waals surface area contributed by atoms with Crippen molar-refractivity contribution in [1.29, 1.82) is 5.41 Å². The largest absolute Gasteiger partial charge is 0.378 e. The van der Waals surface area contributed by atoms with E-state index in [1.807, 2.05) is 30.5 Å². The summed E-state index contributed by atoms with van der Waals surface area (Å²) >= 11 is 0. The van der Waals surface area contributed by atoms with Gasteiger partial charge in [0.25, 0.3) is 0 Å². The quantitative estimate of drug-likeness (QED) is 0.288. The number of benzene rings is 1. The van der Waals surface area contributed by atoms with Gasteiger partial charge in [-0.1, -0.05) is 0 Å². The highest BCUT2D eigenvalue weighted by molar-refractivity contribution is 6.10. The molecule has 4 N–H and O–H groups in total. The molecule has 2 aliphatic rings. The molecule has 0 spiro atoms. The number of likely N-dealkylation sites (N-methyl/N-ethyl adjacent to an activating group) is 1. The molecule has 2 amide bonds. The number of anilines is 2. The first kappa shape index (κ1) is 26.5. The molecule has 0 unspecified atom stereocenters. The molecular weight excluding hydrogens is 494 g/mol. The predicted octanol–water partition coefficient (Wildman–Crippen LogP) is 2.91. The van der Waals surface area contributed by atoms with E-state index in [2.05, 4.69) is 47.3 Å². The Hall–Kier alpha value is -4.06. The van der Waals surface area contributed by atoms with E-state index in [9.17, 15) is 4.79 Å². The third-order valence-electron chi connectivity index (χ3n) is 6.85. The zero-order valence-corrected chi connectivity index (χ0v) is 22.2. The first-order valence-corrected chi connectivity index (χ1v) is 13.2. The number of nitrogens with one attached hydrogen (secondary N) is 4. The van der Waals surface area contributed by atoms with Gasteiger partial charge in [-0.25, -0.2) is 9.79 Å². The van der Waals surface area contributed by atoms with Crippen LogP contribution in [0.1, 0.15) is 17.0 Å². The van der Waals surface area contributed by atoms with E-state index in [1.54, 1.807) is 30.5 Å². The number of hydrogen-bond acceptors (Lipinski definition) is 6. The van der Waals surface area contributed by atoms with Crippen molar-refractivity contribution in [2.75, 3.05) is 70.2 Å². The maximum Gasteiger partial charge on any atom is 0.323 e. The number of urea groups is 1. The summed E-state index contributed by atoms with van der Waals surface area (Å²) < 4.78 is 5.47. The van der Waals surface area contributed by atoms with Crippen LogP contribution in [0.3, 0.4) is 0 Å². The second-order valence-corrected chi connectivity index (χ2v) is 9.74. The van der Waals surface area contributed by atoms with Gasteiger partial charge in [-0.05, 0) is 55.6 Å². The topological polar surface area (TPSA) is 125 Å². The van der Waals surface area contributed by atoms with Crippen LogP contribution in [0.25, 0.3) is 0 Å². The number of pyridine rings is 1. The molecule has 4 heterocycles. The summed E-state index contributed by atoms with van der Waals surface area (Å²) in [7, 11) is 2.14. The number of H-pyrrole nitrogens is 1. The lowest BCUT2D eigenvalue weighted by Gasteiger charge is -2.32. The third kappa shape index (κ3) is 7.29. The Morgan fingerprint density at radius 1 is 1.00 bits per heavy atom. The second kappa shape index (κ2) is 12.7. The van der Waals surface area contributed by atoms with E-state index < -0.39 is 0 Å². The number of piperazine rings is 1. The lowest BCUT2D eigenvalue weighted by atomic mass is 10.2. The number of aromatic amines is 1. The van der Waals surface area contributed by atoms with E-state index in [0.717, 1.165) is 63.0 Å². The lowest BCUT2D eigenvalue weighted by molar-refractivity contribution is 0.0682. The van der Waals surface area contributed by atoms with E-state index in [1.165, 1.54) is 0 Å². The van der Waals surface area contributed by atoms with Crippen LogP contribution in [-0.2, 0) is 11.3 Å². The zero-order chi connectivity index (χ0) is 27.0. The van der Waals surface area contributed by atoms with Gasteiger partial charge >= 0.3 is 6.03 Å². The van der Waals surface area contributed by atoms with Gasteiger partial charge in [-0.2, -0.15) is 0 Å². The minimum atomic E-state index is -0.356. The molecule has 3 aromatic rings. The number of aliphatic imine (C=N–C) groups is 1. The number of morpholine rings is 1. The van der Waals surface area contributed by atoms with Crippen molar-refractivity contribution in [2.24, 2.45) is 4.99 Å². The Balaban J connectivity index is 1.15. The predicted molar refractivity (Wildman–Crippen MR) is 153 cm³/mol. The van der Waals surface area contributed by atoms with Gasteiger partial charge < -0.3 is 30.2 Å². The van der Waals surface area contributed by atoms with Crippen LogP contribution in [0.2, 0.25) is 0 Å². The maximum atomic E-state index is 12.5. The number of rotatable bonds is 6. The van der Waals surface area contributed by atoms with Gasteiger partial charge in [-0.15, -0.1) is 0 Å². The van der Waals surface area contributed by atoms with E-state index in [-0.39, 0.29) is 11.9 Å². The van der Waals surface area contributed by atoms with Crippen molar-refractivity contribution in [3.05, 3.63) is 77.9 Å². The van der Waals surface area contributed by atoms with Crippen LogP contribution in [0, 0.1) is 5.41 Å². The molecule has 11 nitrogen and oxygen atoms in total. The molecule has 2 fully saturated rings. The van der Waals surface area contributed by atoms with Crippen molar-refractivity contribution in [2.45, 2.75) is 6.54 Å². The number of amides is 2. The van der Waals surface area contributed by atoms with Crippen molar-refractivity contribution < 1.29 is 9.53 Å². The second-order valence-electron chi connectivity index (χ2n) is 9.74. The number of amidine groups is 2. The Kier molecular flexibility index (Phi) is 8.61. The van der Waals surface area contributed by atoms with Gasteiger partial charge in [-0.3, -0.25) is 15.3 Å². The molecule has 5 rings (SSSR count). The van der Waals surface area contributed by atoms with Gasteiger partial charge in [0.05, 0.1) is 36.5 Å². The Labute approximate surface area is 228 Å². The first-order chi connectivity index (χ1) is 19.0. The maximum absolute atomic E-state index is 12.5. The van der Waals surface area contributed by atoms with Gasteiger partial charge in [0, 0.05) is 63.3 Å². The first-order valence-electron chi connectivity index (χ1n) is 13.2. The number of hydrogen-bond donors (Lipinski definition) is 4. The average molecular weight is 530 g/mol. The zero-order valence-electron chi connectivity index (χ0n) is 22.2. The summed E-state index contributed by atoms with van der Waals surface area (Å²) in [4.78, 5) is 31.7. The SMILES string of the molecule is CN1CCN(Cc2ccc(NC(=O)Nc3ccc(C(=N)/N=C(\c4ccc[nH]4)N4CCOCC4)cc3)cn2)CC1. The highest BCUT2D eigenvalue weighted by Crippen LogP contribution is 2.15. The van der Waals surface area contributed by atoms with E-state index in [4.69, 9.17) is 10.1 Å². The average Bonchev–Trinajstić information content (AvgIpc) is 3.49. The number of nitrogens with zero attached hydrogens (tertiary/aromatic N) is 5. The Bertz CT molecular complexity index is 1260. The third-order valence-corrected chi connectivity index (χ3v) is 6.85. The minimum Gasteiger partial charge on any atom is -0.378 e. The number of ether oxygens (including phenoxy) is 1. The van der Waals surface area contributed by atoms with Crippen LogP contribution in [0.15, 0.2) is 65.9 Å². The van der Waals surface area contributed by atoms with Crippen LogP contribution >= 0.6 is 0 Å². The Morgan fingerprint density at radius 3 is 2.38 bits per heavy atom. The molecule has 1 aromatic carbocycles. The lowest BCUT2D eigenvalue weighted by Crippen LogP contribution is -2.43. The van der Waals surface area contributed by atoms with Crippen molar-refractivity contribution in [3.8, 4) is 0 Å².